The molecule has 0 saturated carbocycles. The fraction of sp³-hybridized carbons (Fsp3) is 0. The lowest BCUT2D eigenvalue weighted by atomic mass is 9.95. The Morgan fingerprint density at radius 1 is 0.460 bits per heavy atom. The first-order valence-electron chi connectivity index (χ1n) is 16.6. The molecule has 0 aliphatic carbocycles. The van der Waals surface area contributed by atoms with E-state index in [-0.39, 0.29) is 0 Å². The minimum atomic E-state index is 0.671. The summed E-state index contributed by atoms with van der Waals surface area (Å²) in [4.78, 5) is 14.7. The van der Waals surface area contributed by atoms with Gasteiger partial charge in [0.1, 0.15) is 11.2 Å². The van der Waals surface area contributed by atoms with Crippen molar-refractivity contribution in [3.8, 4) is 56.2 Å². The van der Waals surface area contributed by atoms with Crippen molar-refractivity contribution in [1.29, 1.82) is 0 Å². The Morgan fingerprint density at radius 3 is 2.10 bits per heavy atom. The van der Waals surface area contributed by atoms with Gasteiger partial charge in [-0.1, -0.05) is 103 Å². The average Bonchev–Trinajstić information content (AvgIpc) is 3.77. The van der Waals surface area contributed by atoms with Gasteiger partial charge in [0.25, 0.3) is 0 Å². The van der Waals surface area contributed by atoms with Gasteiger partial charge in [-0.3, -0.25) is 4.98 Å². The van der Waals surface area contributed by atoms with Crippen molar-refractivity contribution in [2.75, 3.05) is 0 Å². The number of hydrogen-bond donors (Lipinski definition) is 0. The highest BCUT2D eigenvalue weighted by Crippen LogP contribution is 2.44. The molecule has 0 radical (unpaired) electrons. The van der Waals surface area contributed by atoms with Crippen LogP contribution < -0.4 is 0 Å². The first-order valence-corrected chi connectivity index (χ1v) is 17.4. The van der Waals surface area contributed by atoms with Crippen molar-refractivity contribution in [3.63, 3.8) is 0 Å². The largest absolute Gasteiger partial charge is 0.455 e. The third kappa shape index (κ3) is 4.79. The van der Waals surface area contributed by atoms with Gasteiger partial charge in [-0.25, -0.2) is 9.97 Å². The zero-order valence-electron chi connectivity index (χ0n) is 26.7. The van der Waals surface area contributed by atoms with Crippen LogP contribution in [0, 0.1) is 0 Å². The van der Waals surface area contributed by atoms with E-state index in [9.17, 15) is 0 Å². The number of nitrogens with zero attached hydrogens (tertiary/aromatic N) is 3. The Balaban J connectivity index is 1.20. The molecule has 0 aliphatic heterocycles. The second-order valence-electron chi connectivity index (χ2n) is 12.4. The van der Waals surface area contributed by atoms with Gasteiger partial charge in [0.2, 0.25) is 0 Å². The minimum Gasteiger partial charge on any atom is -0.455 e. The van der Waals surface area contributed by atoms with Gasteiger partial charge in [0, 0.05) is 71.2 Å². The zero-order chi connectivity index (χ0) is 33.0. The molecule has 10 rings (SSSR count). The summed E-state index contributed by atoms with van der Waals surface area (Å²) in [5, 5.41) is 4.64. The van der Waals surface area contributed by atoms with Crippen LogP contribution in [-0.2, 0) is 0 Å². The van der Waals surface area contributed by atoms with Gasteiger partial charge in [-0.15, -0.1) is 11.3 Å². The monoisotopic (exact) mass is 657 g/mol. The molecule has 0 aliphatic rings. The topological polar surface area (TPSA) is 51.8 Å². The van der Waals surface area contributed by atoms with Crippen LogP contribution in [0.3, 0.4) is 0 Å². The molecule has 5 heteroatoms. The Hall–Kier alpha value is -6.43. The Bertz CT molecular complexity index is 2870. The number of pyridine rings is 1. The Morgan fingerprint density at radius 2 is 1.20 bits per heavy atom. The van der Waals surface area contributed by atoms with Crippen LogP contribution in [0.25, 0.3) is 98.3 Å². The maximum atomic E-state index is 6.73. The van der Waals surface area contributed by atoms with Crippen molar-refractivity contribution < 1.29 is 4.42 Å². The first kappa shape index (κ1) is 28.6. The van der Waals surface area contributed by atoms with E-state index in [0.717, 1.165) is 72.3 Å². The average molecular weight is 658 g/mol. The van der Waals surface area contributed by atoms with E-state index in [4.69, 9.17) is 14.4 Å². The summed E-state index contributed by atoms with van der Waals surface area (Å²) in [7, 11) is 0. The highest BCUT2D eigenvalue weighted by Gasteiger charge is 2.20. The molecule has 0 atom stereocenters. The van der Waals surface area contributed by atoms with Crippen LogP contribution in [0.4, 0.5) is 0 Å². The highest BCUT2D eigenvalue weighted by molar-refractivity contribution is 7.25. The van der Waals surface area contributed by atoms with Gasteiger partial charge in [-0.2, -0.15) is 0 Å². The molecule has 4 aromatic heterocycles. The predicted octanol–water partition coefficient (Wildman–Crippen LogP) is 12.5. The standard InChI is InChI=1S/C45H27N3OS/c1-2-10-28(11-3-1)45-47-38(31-13-8-12-29(24-31)32-14-9-23-46-27-32)26-39(48-45)35-21-20-33(44-43(35)36-16-4-6-17-40(36)49-44)30-19-22-42-37(25-30)34-15-5-7-18-41(34)50-42/h1-27H. The molecule has 50 heavy (non-hydrogen) atoms. The number of para-hydroxylation sites is 1. The Labute approximate surface area is 292 Å². The van der Waals surface area contributed by atoms with Crippen molar-refractivity contribution in [1.82, 2.24) is 15.0 Å². The second kappa shape index (κ2) is 11.6. The number of benzene rings is 6. The molecule has 0 unspecified atom stereocenters. The van der Waals surface area contributed by atoms with Crippen LogP contribution in [0.5, 0.6) is 0 Å². The second-order valence-corrected chi connectivity index (χ2v) is 13.5. The predicted molar refractivity (Wildman–Crippen MR) is 207 cm³/mol. The number of rotatable bonds is 5. The van der Waals surface area contributed by atoms with Crippen LogP contribution in [-0.4, -0.2) is 15.0 Å². The van der Waals surface area contributed by atoms with Gasteiger partial charge < -0.3 is 4.42 Å². The van der Waals surface area contributed by atoms with E-state index in [1.807, 2.05) is 53.9 Å². The summed E-state index contributed by atoms with van der Waals surface area (Å²) < 4.78 is 9.30. The van der Waals surface area contributed by atoms with E-state index in [1.54, 1.807) is 6.20 Å². The van der Waals surface area contributed by atoms with Crippen LogP contribution in [0.15, 0.2) is 168 Å². The van der Waals surface area contributed by atoms with Crippen molar-refractivity contribution in [2.24, 2.45) is 0 Å². The third-order valence-corrected chi connectivity index (χ3v) is 10.6. The molecule has 0 fully saturated rings. The molecule has 234 valence electrons. The maximum Gasteiger partial charge on any atom is 0.160 e. The normalized spacial score (nSPS) is 11.6. The van der Waals surface area contributed by atoms with E-state index < -0.39 is 0 Å². The maximum absolute atomic E-state index is 6.73. The zero-order valence-corrected chi connectivity index (χ0v) is 27.6. The minimum absolute atomic E-state index is 0.671. The fourth-order valence-electron chi connectivity index (χ4n) is 7.00. The lowest BCUT2D eigenvalue weighted by Crippen LogP contribution is -1.96. The summed E-state index contributed by atoms with van der Waals surface area (Å²) in [6.07, 6.45) is 3.69. The number of furan rings is 1. The molecule has 10 aromatic rings. The van der Waals surface area contributed by atoms with Gasteiger partial charge >= 0.3 is 0 Å². The van der Waals surface area contributed by atoms with Crippen LogP contribution in [0.1, 0.15) is 0 Å². The van der Waals surface area contributed by atoms with Crippen molar-refractivity contribution in [3.05, 3.63) is 164 Å². The number of aromatic nitrogens is 3. The van der Waals surface area contributed by atoms with E-state index in [0.29, 0.717) is 5.82 Å². The molecular weight excluding hydrogens is 631 g/mol. The third-order valence-electron chi connectivity index (χ3n) is 9.40. The number of thiophene rings is 1. The fourth-order valence-corrected chi connectivity index (χ4v) is 8.09. The summed E-state index contributed by atoms with van der Waals surface area (Å²) in [5.41, 5.74) is 10.7. The molecule has 0 saturated heterocycles. The molecule has 4 nitrogen and oxygen atoms in total. The van der Waals surface area contributed by atoms with Crippen LogP contribution in [0.2, 0.25) is 0 Å². The van der Waals surface area contributed by atoms with E-state index in [2.05, 4.69) is 120 Å². The molecule has 6 aromatic carbocycles. The van der Waals surface area contributed by atoms with E-state index >= 15 is 0 Å². The lowest BCUT2D eigenvalue weighted by molar-refractivity contribution is 0.670. The number of fused-ring (bicyclic) bond motifs is 6. The molecule has 4 heterocycles. The molecule has 0 bridgehead atoms. The molecule has 0 spiro atoms. The quantitative estimate of drug-likeness (QED) is 0.185. The summed E-state index contributed by atoms with van der Waals surface area (Å²) in [6.45, 7) is 0. The SMILES string of the molecule is c1ccc(-c2nc(-c3cccc(-c4cccnc4)c3)cc(-c3ccc(-c4ccc5sc6ccccc6c5c4)c4oc5ccccc5c34)n2)cc1. The molecule has 0 amide bonds. The van der Waals surface area contributed by atoms with Crippen LogP contribution >= 0.6 is 11.3 Å². The highest BCUT2D eigenvalue weighted by atomic mass is 32.1. The molecular formula is C45H27N3OS. The smallest absolute Gasteiger partial charge is 0.160 e. The van der Waals surface area contributed by atoms with Gasteiger partial charge in [0.05, 0.1) is 11.4 Å². The summed E-state index contributed by atoms with van der Waals surface area (Å²) in [5.74, 6) is 0.671. The van der Waals surface area contributed by atoms with Crippen molar-refractivity contribution >= 4 is 53.4 Å². The first-order chi connectivity index (χ1) is 24.8. The van der Waals surface area contributed by atoms with Gasteiger partial charge in [-0.05, 0) is 59.7 Å². The van der Waals surface area contributed by atoms with Gasteiger partial charge in [0.15, 0.2) is 5.82 Å². The van der Waals surface area contributed by atoms with Crippen molar-refractivity contribution in [2.45, 2.75) is 0 Å². The molecule has 0 N–H and O–H groups in total. The number of hydrogen-bond acceptors (Lipinski definition) is 5. The lowest BCUT2D eigenvalue weighted by Gasteiger charge is -2.12. The summed E-state index contributed by atoms with van der Waals surface area (Å²) in [6, 6.07) is 52.8. The summed E-state index contributed by atoms with van der Waals surface area (Å²) >= 11 is 1.83. The van der Waals surface area contributed by atoms with E-state index in [1.165, 1.54) is 20.2 Å². The Kier molecular flexibility index (Phi) is 6.64.